The largest absolute Gasteiger partial charge is 0.463 e. The summed E-state index contributed by atoms with van der Waals surface area (Å²) >= 11 is 1.57. The van der Waals surface area contributed by atoms with E-state index in [1.807, 2.05) is 16.8 Å². The average molecular weight is 391 g/mol. The van der Waals surface area contributed by atoms with Crippen molar-refractivity contribution in [3.63, 3.8) is 0 Å². The first-order valence-electron chi connectivity index (χ1n) is 8.15. The summed E-state index contributed by atoms with van der Waals surface area (Å²) in [7, 11) is -3.07. The number of rotatable bonds is 5. The summed E-state index contributed by atoms with van der Waals surface area (Å²) in [4.78, 5) is 12.5. The Bertz CT molecular complexity index is 1000. The lowest BCUT2D eigenvalue weighted by Gasteiger charge is -2.11. The molecule has 4 heterocycles. The summed E-state index contributed by atoms with van der Waals surface area (Å²) in [5.41, 5.74) is 1.88. The predicted molar refractivity (Wildman–Crippen MR) is 97.7 cm³/mol. The zero-order valence-corrected chi connectivity index (χ0v) is 15.4. The second-order valence-corrected chi connectivity index (χ2v) is 9.22. The van der Waals surface area contributed by atoms with E-state index in [0.717, 1.165) is 5.56 Å². The van der Waals surface area contributed by atoms with Crippen LogP contribution in [0, 0.1) is 0 Å². The molecule has 26 heavy (non-hydrogen) atoms. The summed E-state index contributed by atoms with van der Waals surface area (Å²) in [5, 5.41) is 11.2. The molecule has 1 N–H and O–H groups in total. The van der Waals surface area contributed by atoms with Gasteiger partial charge in [0.05, 0.1) is 23.8 Å². The Morgan fingerprint density at radius 1 is 1.42 bits per heavy atom. The molecule has 1 aliphatic heterocycles. The lowest BCUT2D eigenvalue weighted by molar-refractivity contribution is 0.0945. The summed E-state index contributed by atoms with van der Waals surface area (Å²) in [6, 6.07) is 6.81. The number of furan rings is 1. The fourth-order valence-electron chi connectivity index (χ4n) is 3.03. The minimum Gasteiger partial charge on any atom is -0.463 e. The summed E-state index contributed by atoms with van der Waals surface area (Å²) in [5.74, 6) is 0.412. The van der Waals surface area contributed by atoms with Gasteiger partial charge in [-0.05, 0) is 40.9 Å². The van der Waals surface area contributed by atoms with E-state index in [0.29, 0.717) is 24.4 Å². The fourth-order valence-corrected chi connectivity index (χ4v) is 5.39. The van der Waals surface area contributed by atoms with Crippen molar-refractivity contribution >= 4 is 27.1 Å². The minimum atomic E-state index is -3.07. The third-order valence-electron chi connectivity index (χ3n) is 4.33. The standard InChI is InChI=1S/C17H17N3O4S2/c21-17(18-9-12-3-6-25-10-12)14-8-15(16-2-1-5-24-16)20(19-14)13-4-7-26(22,23)11-13/h1-3,5-6,8,10,13H,4,7,9,11H2,(H,18,21). The molecule has 0 bridgehead atoms. The first-order valence-corrected chi connectivity index (χ1v) is 10.9. The second kappa shape index (κ2) is 6.73. The van der Waals surface area contributed by atoms with Crippen LogP contribution in [0.3, 0.4) is 0 Å². The Balaban J connectivity index is 1.62. The van der Waals surface area contributed by atoms with Crippen LogP contribution in [0.4, 0.5) is 0 Å². The topological polar surface area (TPSA) is 94.2 Å². The number of carbonyl (C=O) groups excluding carboxylic acids is 1. The molecule has 0 radical (unpaired) electrons. The highest BCUT2D eigenvalue weighted by atomic mass is 32.2. The van der Waals surface area contributed by atoms with E-state index in [1.54, 1.807) is 34.2 Å². The van der Waals surface area contributed by atoms with E-state index in [4.69, 9.17) is 4.42 Å². The first kappa shape index (κ1) is 17.0. The van der Waals surface area contributed by atoms with E-state index < -0.39 is 9.84 Å². The number of nitrogens with one attached hydrogen (secondary N) is 1. The second-order valence-electron chi connectivity index (χ2n) is 6.21. The SMILES string of the molecule is O=C(NCc1ccsc1)c1cc(-c2ccco2)n(C2CCS(=O)(=O)C2)n1. The highest BCUT2D eigenvalue weighted by Gasteiger charge is 2.32. The molecule has 0 aliphatic carbocycles. The Kier molecular flexibility index (Phi) is 4.41. The zero-order valence-electron chi connectivity index (χ0n) is 13.8. The number of hydrogen-bond donors (Lipinski definition) is 1. The van der Waals surface area contributed by atoms with Gasteiger partial charge in [0.1, 0.15) is 5.69 Å². The summed E-state index contributed by atoms with van der Waals surface area (Å²) < 4.78 is 30.7. The van der Waals surface area contributed by atoms with Gasteiger partial charge in [-0.3, -0.25) is 9.48 Å². The van der Waals surface area contributed by atoms with Gasteiger partial charge >= 0.3 is 0 Å². The zero-order chi connectivity index (χ0) is 18.1. The van der Waals surface area contributed by atoms with Gasteiger partial charge in [-0.2, -0.15) is 16.4 Å². The van der Waals surface area contributed by atoms with Crippen molar-refractivity contribution < 1.29 is 17.6 Å². The van der Waals surface area contributed by atoms with E-state index >= 15 is 0 Å². The van der Waals surface area contributed by atoms with Gasteiger partial charge in [0, 0.05) is 12.6 Å². The monoisotopic (exact) mass is 391 g/mol. The molecule has 1 unspecified atom stereocenters. The van der Waals surface area contributed by atoms with Crippen LogP contribution in [0.5, 0.6) is 0 Å². The molecule has 136 valence electrons. The van der Waals surface area contributed by atoms with Gasteiger partial charge in [-0.15, -0.1) is 0 Å². The number of carbonyl (C=O) groups is 1. The third-order valence-corrected chi connectivity index (χ3v) is 6.81. The van der Waals surface area contributed by atoms with Crippen molar-refractivity contribution in [1.29, 1.82) is 0 Å². The minimum absolute atomic E-state index is 0.0261. The summed E-state index contributed by atoms with van der Waals surface area (Å²) in [6.07, 6.45) is 2.02. The lowest BCUT2D eigenvalue weighted by Crippen LogP contribution is -2.23. The molecule has 1 fully saturated rings. The fraction of sp³-hybridized carbons (Fsp3) is 0.294. The average Bonchev–Trinajstić information content (AvgIpc) is 3.37. The summed E-state index contributed by atoms with van der Waals surface area (Å²) in [6.45, 7) is 0.420. The molecule has 0 saturated carbocycles. The Morgan fingerprint density at radius 2 is 2.31 bits per heavy atom. The predicted octanol–water partition coefficient (Wildman–Crippen LogP) is 2.49. The molecule has 3 aromatic rings. The van der Waals surface area contributed by atoms with Crippen molar-refractivity contribution in [3.8, 4) is 11.5 Å². The maximum Gasteiger partial charge on any atom is 0.272 e. The molecule has 4 rings (SSSR count). The van der Waals surface area contributed by atoms with Gasteiger partial charge in [-0.1, -0.05) is 0 Å². The van der Waals surface area contributed by atoms with Crippen molar-refractivity contribution in [2.45, 2.75) is 19.0 Å². The molecule has 1 saturated heterocycles. The molecule has 9 heteroatoms. The number of aromatic nitrogens is 2. The van der Waals surface area contributed by atoms with Crippen molar-refractivity contribution in [3.05, 3.63) is 52.5 Å². The molecule has 1 amide bonds. The molecule has 3 aromatic heterocycles. The van der Waals surface area contributed by atoms with Gasteiger partial charge < -0.3 is 9.73 Å². The van der Waals surface area contributed by atoms with Crippen LogP contribution in [-0.4, -0.2) is 35.6 Å². The highest BCUT2D eigenvalue weighted by Crippen LogP contribution is 2.30. The third kappa shape index (κ3) is 3.45. The molecule has 1 atom stereocenters. The normalized spacial score (nSPS) is 18.8. The van der Waals surface area contributed by atoms with Crippen molar-refractivity contribution in [2.75, 3.05) is 11.5 Å². The number of hydrogen-bond acceptors (Lipinski definition) is 6. The molecule has 0 spiro atoms. The molecule has 7 nitrogen and oxygen atoms in total. The Hall–Kier alpha value is -2.39. The Labute approximate surface area is 154 Å². The van der Waals surface area contributed by atoms with Gasteiger partial charge in [0.2, 0.25) is 0 Å². The Morgan fingerprint density at radius 3 is 2.96 bits per heavy atom. The number of thiophene rings is 1. The molecule has 0 aromatic carbocycles. The van der Waals surface area contributed by atoms with Crippen LogP contribution in [0.1, 0.15) is 28.5 Å². The number of nitrogens with zero attached hydrogens (tertiary/aromatic N) is 2. The van der Waals surface area contributed by atoms with Gasteiger partial charge in [0.15, 0.2) is 21.3 Å². The maximum absolute atomic E-state index is 12.5. The smallest absolute Gasteiger partial charge is 0.272 e. The number of amides is 1. The quantitative estimate of drug-likeness (QED) is 0.721. The molecular weight excluding hydrogens is 374 g/mol. The van der Waals surface area contributed by atoms with Crippen LogP contribution in [0.15, 0.2) is 45.7 Å². The number of sulfone groups is 1. The van der Waals surface area contributed by atoms with Crippen LogP contribution >= 0.6 is 11.3 Å². The van der Waals surface area contributed by atoms with Crippen molar-refractivity contribution in [2.24, 2.45) is 0 Å². The van der Waals surface area contributed by atoms with Crippen LogP contribution in [0.2, 0.25) is 0 Å². The first-order chi connectivity index (χ1) is 12.5. The lowest BCUT2D eigenvalue weighted by atomic mass is 10.2. The van der Waals surface area contributed by atoms with Crippen LogP contribution in [-0.2, 0) is 16.4 Å². The van der Waals surface area contributed by atoms with E-state index in [-0.39, 0.29) is 29.1 Å². The van der Waals surface area contributed by atoms with E-state index in [1.165, 1.54) is 6.26 Å². The maximum atomic E-state index is 12.5. The van der Waals surface area contributed by atoms with E-state index in [9.17, 15) is 13.2 Å². The van der Waals surface area contributed by atoms with Crippen LogP contribution < -0.4 is 5.32 Å². The molecular formula is C17H17N3O4S2. The van der Waals surface area contributed by atoms with Gasteiger partial charge in [-0.25, -0.2) is 8.42 Å². The van der Waals surface area contributed by atoms with Crippen LogP contribution in [0.25, 0.3) is 11.5 Å². The van der Waals surface area contributed by atoms with Gasteiger partial charge in [0.25, 0.3) is 5.91 Å². The molecule has 1 aliphatic rings. The highest BCUT2D eigenvalue weighted by molar-refractivity contribution is 7.91. The van der Waals surface area contributed by atoms with E-state index in [2.05, 4.69) is 10.4 Å². The van der Waals surface area contributed by atoms with Crippen molar-refractivity contribution in [1.82, 2.24) is 15.1 Å².